The normalized spacial score (nSPS) is 15.8. The summed E-state index contributed by atoms with van der Waals surface area (Å²) in [6.07, 6.45) is -3.90. The monoisotopic (exact) mass is 276 g/mol. The molecule has 0 atom stereocenters. The van der Waals surface area contributed by atoms with E-state index in [1.807, 2.05) is 0 Å². The molecule has 1 aromatic heterocycles. The molecule has 0 saturated carbocycles. The SMILES string of the molecule is CN(C)C(=O)c1nn2c(c1C(F)(F)F)CNCCC2. The van der Waals surface area contributed by atoms with Gasteiger partial charge >= 0.3 is 6.18 Å². The fraction of sp³-hybridized carbons (Fsp3) is 0.636. The van der Waals surface area contributed by atoms with E-state index in [0.29, 0.717) is 19.5 Å². The summed E-state index contributed by atoms with van der Waals surface area (Å²) in [5, 5.41) is 6.78. The Hall–Kier alpha value is -1.57. The summed E-state index contributed by atoms with van der Waals surface area (Å²) in [6.45, 7) is 1.09. The van der Waals surface area contributed by atoms with Crippen molar-refractivity contribution in [3.63, 3.8) is 0 Å². The quantitative estimate of drug-likeness (QED) is 0.835. The van der Waals surface area contributed by atoms with Crippen LogP contribution in [0.1, 0.15) is 28.2 Å². The van der Waals surface area contributed by atoms with Crippen molar-refractivity contribution in [2.75, 3.05) is 20.6 Å². The Kier molecular flexibility index (Phi) is 3.53. The number of carbonyl (C=O) groups excluding carboxylic acids is 1. The van der Waals surface area contributed by atoms with Gasteiger partial charge in [0.05, 0.1) is 5.69 Å². The third-order valence-electron chi connectivity index (χ3n) is 2.97. The molecule has 0 spiro atoms. The molecule has 1 amide bonds. The Labute approximate surface area is 108 Å². The third-order valence-corrected chi connectivity index (χ3v) is 2.97. The highest BCUT2D eigenvalue weighted by Gasteiger charge is 2.42. The van der Waals surface area contributed by atoms with E-state index in [2.05, 4.69) is 10.4 Å². The van der Waals surface area contributed by atoms with Crippen LogP contribution in [0.2, 0.25) is 0 Å². The van der Waals surface area contributed by atoms with E-state index in [4.69, 9.17) is 0 Å². The number of halogens is 3. The molecule has 1 aliphatic rings. The topological polar surface area (TPSA) is 50.2 Å². The molecule has 0 aromatic carbocycles. The van der Waals surface area contributed by atoms with Crippen LogP contribution < -0.4 is 5.32 Å². The van der Waals surface area contributed by atoms with Crippen LogP contribution in [0.3, 0.4) is 0 Å². The molecule has 106 valence electrons. The van der Waals surface area contributed by atoms with Crippen LogP contribution in [0.25, 0.3) is 0 Å². The zero-order chi connectivity index (χ0) is 14.2. The molecule has 2 rings (SSSR count). The van der Waals surface area contributed by atoms with Gasteiger partial charge in [0.15, 0.2) is 5.69 Å². The van der Waals surface area contributed by atoms with Gasteiger partial charge in [0, 0.05) is 27.2 Å². The number of rotatable bonds is 1. The van der Waals surface area contributed by atoms with Gasteiger partial charge in [0.25, 0.3) is 5.91 Å². The van der Waals surface area contributed by atoms with Crippen LogP contribution in [-0.2, 0) is 19.3 Å². The second-order valence-corrected chi connectivity index (χ2v) is 4.62. The smallest absolute Gasteiger partial charge is 0.343 e. The van der Waals surface area contributed by atoms with E-state index < -0.39 is 23.3 Å². The van der Waals surface area contributed by atoms with E-state index in [-0.39, 0.29) is 12.2 Å². The lowest BCUT2D eigenvalue weighted by atomic mass is 10.1. The first-order chi connectivity index (χ1) is 8.82. The minimum absolute atomic E-state index is 0.0372. The van der Waals surface area contributed by atoms with E-state index in [1.165, 1.54) is 18.8 Å². The second kappa shape index (κ2) is 4.84. The Morgan fingerprint density at radius 1 is 1.42 bits per heavy atom. The van der Waals surface area contributed by atoms with Crippen molar-refractivity contribution in [3.8, 4) is 0 Å². The summed E-state index contributed by atoms with van der Waals surface area (Å²) in [5.41, 5.74) is -1.40. The molecule has 1 N–H and O–H groups in total. The molecule has 19 heavy (non-hydrogen) atoms. The summed E-state index contributed by atoms with van der Waals surface area (Å²) in [6, 6.07) is 0. The van der Waals surface area contributed by atoms with Gasteiger partial charge in [-0.05, 0) is 13.0 Å². The summed E-state index contributed by atoms with van der Waals surface area (Å²) in [4.78, 5) is 12.9. The van der Waals surface area contributed by atoms with Crippen LogP contribution in [0.15, 0.2) is 0 Å². The van der Waals surface area contributed by atoms with Crippen LogP contribution in [-0.4, -0.2) is 41.2 Å². The number of amides is 1. The Morgan fingerprint density at radius 3 is 2.68 bits per heavy atom. The number of carbonyl (C=O) groups is 1. The molecule has 0 saturated heterocycles. The molecule has 0 aliphatic carbocycles. The van der Waals surface area contributed by atoms with Crippen molar-refractivity contribution in [1.29, 1.82) is 0 Å². The highest BCUT2D eigenvalue weighted by molar-refractivity contribution is 5.93. The maximum Gasteiger partial charge on any atom is 0.420 e. The number of nitrogens with zero attached hydrogens (tertiary/aromatic N) is 3. The van der Waals surface area contributed by atoms with Crippen LogP contribution in [0, 0.1) is 0 Å². The number of alkyl halides is 3. The number of hydrogen-bond donors (Lipinski definition) is 1. The molecular formula is C11H15F3N4O. The van der Waals surface area contributed by atoms with Crippen LogP contribution >= 0.6 is 0 Å². The van der Waals surface area contributed by atoms with Gasteiger partial charge in [0.1, 0.15) is 5.56 Å². The first-order valence-electron chi connectivity index (χ1n) is 5.91. The molecule has 1 aliphatic heterocycles. The number of aromatic nitrogens is 2. The minimum Gasteiger partial charge on any atom is -0.343 e. The maximum absolute atomic E-state index is 13.2. The third kappa shape index (κ3) is 2.58. The van der Waals surface area contributed by atoms with E-state index in [0.717, 1.165) is 4.90 Å². The zero-order valence-corrected chi connectivity index (χ0v) is 10.7. The Morgan fingerprint density at radius 2 is 2.11 bits per heavy atom. The van der Waals surface area contributed by atoms with Gasteiger partial charge in [-0.1, -0.05) is 0 Å². The van der Waals surface area contributed by atoms with E-state index in [9.17, 15) is 18.0 Å². The summed E-state index contributed by atoms with van der Waals surface area (Å²) < 4.78 is 40.8. The highest BCUT2D eigenvalue weighted by Crippen LogP contribution is 2.35. The average molecular weight is 276 g/mol. The fourth-order valence-corrected chi connectivity index (χ4v) is 2.08. The van der Waals surface area contributed by atoms with Crippen molar-refractivity contribution >= 4 is 5.91 Å². The van der Waals surface area contributed by atoms with Crippen molar-refractivity contribution < 1.29 is 18.0 Å². The Balaban J connectivity index is 2.58. The van der Waals surface area contributed by atoms with E-state index in [1.54, 1.807) is 0 Å². The lowest BCUT2D eigenvalue weighted by Crippen LogP contribution is -2.26. The fourth-order valence-electron chi connectivity index (χ4n) is 2.08. The predicted octanol–water partition coefficient (Wildman–Crippen LogP) is 1.10. The van der Waals surface area contributed by atoms with Crippen LogP contribution in [0.4, 0.5) is 13.2 Å². The molecule has 0 unspecified atom stereocenters. The molecule has 0 bridgehead atoms. The highest BCUT2D eigenvalue weighted by atomic mass is 19.4. The van der Waals surface area contributed by atoms with Crippen LogP contribution in [0.5, 0.6) is 0 Å². The van der Waals surface area contributed by atoms with Gasteiger partial charge in [-0.3, -0.25) is 9.48 Å². The van der Waals surface area contributed by atoms with Gasteiger partial charge in [0.2, 0.25) is 0 Å². The predicted molar refractivity (Wildman–Crippen MR) is 61.6 cm³/mol. The molecule has 1 aromatic rings. The molecule has 8 heteroatoms. The van der Waals surface area contributed by atoms with Gasteiger partial charge in [-0.15, -0.1) is 0 Å². The van der Waals surface area contributed by atoms with Crippen molar-refractivity contribution in [1.82, 2.24) is 20.0 Å². The number of fused-ring (bicyclic) bond motifs is 1. The molecule has 5 nitrogen and oxygen atoms in total. The largest absolute Gasteiger partial charge is 0.420 e. The number of aryl methyl sites for hydroxylation is 1. The zero-order valence-electron chi connectivity index (χ0n) is 10.7. The standard InChI is InChI=1S/C11H15F3N4O/c1-17(2)10(19)9-8(11(12,13)14)7-6-15-4-3-5-18(7)16-9/h15H,3-6H2,1-2H3. The van der Waals surface area contributed by atoms with Gasteiger partial charge in [-0.2, -0.15) is 18.3 Å². The first kappa shape index (κ1) is 13.9. The Bertz CT molecular complexity index is 493. The number of hydrogen-bond acceptors (Lipinski definition) is 3. The first-order valence-corrected chi connectivity index (χ1v) is 5.91. The van der Waals surface area contributed by atoms with Crippen molar-refractivity contribution in [3.05, 3.63) is 17.0 Å². The lowest BCUT2D eigenvalue weighted by Gasteiger charge is -2.12. The van der Waals surface area contributed by atoms with Gasteiger partial charge < -0.3 is 10.2 Å². The average Bonchev–Trinajstić information content (AvgIpc) is 2.52. The molecule has 0 radical (unpaired) electrons. The van der Waals surface area contributed by atoms with E-state index >= 15 is 0 Å². The molecular weight excluding hydrogens is 261 g/mol. The minimum atomic E-state index is -4.58. The summed E-state index contributed by atoms with van der Waals surface area (Å²) in [7, 11) is 2.82. The van der Waals surface area contributed by atoms with Crippen molar-refractivity contribution in [2.45, 2.75) is 25.7 Å². The lowest BCUT2D eigenvalue weighted by molar-refractivity contribution is -0.138. The molecule has 2 heterocycles. The summed E-state index contributed by atoms with van der Waals surface area (Å²) in [5.74, 6) is -0.729. The maximum atomic E-state index is 13.2. The molecule has 0 fully saturated rings. The van der Waals surface area contributed by atoms with Crippen molar-refractivity contribution in [2.24, 2.45) is 0 Å². The van der Waals surface area contributed by atoms with Gasteiger partial charge in [-0.25, -0.2) is 0 Å². The summed E-state index contributed by atoms with van der Waals surface area (Å²) >= 11 is 0. The second-order valence-electron chi connectivity index (χ2n) is 4.62. The number of nitrogens with one attached hydrogen (secondary N) is 1.